The minimum atomic E-state index is -0.0261. The van der Waals surface area contributed by atoms with E-state index in [0.29, 0.717) is 6.54 Å². The first-order valence-electron chi connectivity index (χ1n) is 9.87. The first kappa shape index (κ1) is 17.9. The molecule has 1 aromatic carbocycles. The van der Waals surface area contributed by atoms with E-state index in [1.165, 1.54) is 11.1 Å². The van der Waals surface area contributed by atoms with Gasteiger partial charge in [0.1, 0.15) is 0 Å². The van der Waals surface area contributed by atoms with E-state index in [2.05, 4.69) is 31.2 Å². The first-order chi connectivity index (χ1) is 12.6. The molecule has 3 fully saturated rings. The summed E-state index contributed by atoms with van der Waals surface area (Å²) in [6.07, 6.45) is 3.80. The second-order valence-corrected chi connectivity index (χ2v) is 9.13. The van der Waals surface area contributed by atoms with Crippen LogP contribution in [0.15, 0.2) is 24.3 Å². The highest BCUT2D eigenvalue weighted by Crippen LogP contribution is 2.40. The van der Waals surface area contributed by atoms with Crippen LogP contribution in [0.25, 0.3) is 0 Å². The molecule has 0 aromatic heterocycles. The van der Waals surface area contributed by atoms with Gasteiger partial charge < -0.3 is 9.80 Å². The molecule has 1 aliphatic carbocycles. The maximum Gasteiger partial charge on any atom is 0.227 e. The third kappa shape index (κ3) is 3.78. The lowest BCUT2D eigenvalue weighted by Crippen LogP contribution is -2.49. The standard InChI is InChI=1S/C21H28N2O2S/c1-15-3-2-4-17(13-15)19-8-7-18(14-23(19)21(25)16-5-6-16)20(24)22-9-11-26-12-10-22/h2-4,13,16,18-19H,5-12,14H2,1H3. The van der Waals surface area contributed by atoms with Crippen molar-refractivity contribution in [1.29, 1.82) is 0 Å². The number of amides is 2. The number of carbonyl (C=O) groups is 2. The SMILES string of the molecule is Cc1cccc(C2CCC(C(=O)N3CCSCC3)CN2C(=O)C2CC2)c1. The summed E-state index contributed by atoms with van der Waals surface area (Å²) in [5.41, 5.74) is 2.45. The quantitative estimate of drug-likeness (QED) is 0.818. The van der Waals surface area contributed by atoms with E-state index in [9.17, 15) is 9.59 Å². The third-order valence-electron chi connectivity index (χ3n) is 5.89. The van der Waals surface area contributed by atoms with E-state index in [1.807, 2.05) is 21.6 Å². The van der Waals surface area contributed by atoms with Crippen LogP contribution in [0.4, 0.5) is 0 Å². The number of benzene rings is 1. The van der Waals surface area contributed by atoms with Crippen molar-refractivity contribution in [3.05, 3.63) is 35.4 Å². The van der Waals surface area contributed by atoms with Gasteiger partial charge in [0.25, 0.3) is 0 Å². The summed E-state index contributed by atoms with van der Waals surface area (Å²) >= 11 is 1.92. The zero-order valence-corrected chi connectivity index (χ0v) is 16.3. The summed E-state index contributed by atoms with van der Waals surface area (Å²) in [6, 6.07) is 8.63. The number of nitrogens with zero attached hydrogens (tertiary/aromatic N) is 2. The normalized spacial score (nSPS) is 26.7. The van der Waals surface area contributed by atoms with Crippen LogP contribution in [-0.4, -0.2) is 52.8 Å². The highest BCUT2D eigenvalue weighted by atomic mass is 32.2. The highest BCUT2D eigenvalue weighted by Gasteiger charge is 2.42. The summed E-state index contributed by atoms with van der Waals surface area (Å²) in [5.74, 6) is 2.78. The smallest absolute Gasteiger partial charge is 0.227 e. The lowest BCUT2D eigenvalue weighted by atomic mass is 9.87. The molecule has 4 rings (SSSR count). The van der Waals surface area contributed by atoms with Gasteiger partial charge in [0.2, 0.25) is 11.8 Å². The summed E-state index contributed by atoms with van der Waals surface area (Å²) in [4.78, 5) is 30.0. The molecule has 2 amide bonds. The van der Waals surface area contributed by atoms with Crippen LogP contribution in [0.2, 0.25) is 0 Å². The largest absolute Gasteiger partial charge is 0.341 e. The number of thioether (sulfide) groups is 1. The monoisotopic (exact) mass is 372 g/mol. The highest BCUT2D eigenvalue weighted by molar-refractivity contribution is 7.99. The molecule has 0 spiro atoms. The Morgan fingerprint density at radius 1 is 1.00 bits per heavy atom. The Morgan fingerprint density at radius 3 is 2.42 bits per heavy atom. The topological polar surface area (TPSA) is 40.6 Å². The van der Waals surface area contributed by atoms with Gasteiger partial charge in [-0.3, -0.25) is 9.59 Å². The third-order valence-corrected chi connectivity index (χ3v) is 6.83. The Morgan fingerprint density at radius 2 is 1.73 bits per heavy atom. The van der Waals surface area contributed by atoms with Crippen LogP contribution in [0.1, 0.15) is 42.9 Å². The van der Waals surface area contributed by atoms with Crippen molar-refractivity contribution in [2.45, 2.75) is 38.6 Å². The molecule has 26 heavy (non-hydrogen) atoms. The maximum absolute atomic E-state index is 13.0. The van der Waals surface area contributed by atoms with Gasteiger partial charge in [0.15, 0.2) is 0 Å². The van der Waals surface area contributed by atoms with Crippen LogP contribution < -0.4 is 0 Å². The number of hydrogen-bond acceptors (Lipinski definition) is 3. The second-order valence-electron chi connectivity index (χ2n) is 7.91. The van der Waals surface area contributed by atoms with Crippen molar-refractivity contribution in [2.24, 2.45) is 11.8 Å². The zero-order chi connectivity index (χ0) is 18.1. The second kappa shape index (κ2) is 7.63. The fourth-order valence-corrected chi connectivity index (χ4v) is 5.15. The van der Waals surface area contributed by atoms with E-state index in [-0.39, 0.29) is 29.7 Å². The van der Waals surface area contributed by atoms with Gasteiger partial charge in [0, 0.05) is 37.1 Å². The van der Waals surface area contributed by atoms with Gasteiger partial charge in [-0.1, -0.05) is 29.8 Å². The molecule has 2 unspecified atom stereocenters. The Labute approximate surface area is 160 Å². The summed E-state index contributed by atoms with van der Waals surface area (Å²) in [5, 5.41) is 0. The van der Waals surface area contributed by atoms with Crippen molar-refractivity contribution < 1.29 is 9.59 Å². The van der Waals surface area contributed by atoms with Crippen LogP contribution in [0, 0.1) is 18.8 Å². The molecule has 3 aliphatic rings. The fourth-order valence-electron chi connectivity index (χ4n) is 4.25. The number of carbonyl (C=O) groups excluding carboxylic acids is 2. The Kier molecular flexibility index (Phi) is 5.25. The van der Waals surface area contributed by atoms with Gasteiger partial charge in [-0.25, -0.2) is 0 Å². The Balaban J connectivity index is 1.52. The van der Waals surface area contributed by atoms with Crippen molar-refractivity contribution in [3.63, 3.8) is 0 Å². The Bertz CT molecular complexity index is 682. The molecule has 140 valence electrons. The number of aryl methyl sites for hydroxylation is 1. The van der Waals surface area contributed by atoms with E-state index in [0.717, 1.165) is 50.3 Å². The van der Waals surface area contributed by atoms with E-state index >= 15 is 0 Å². The predicted molar refractivity (Wildman–Crippen MR) is 105 cm³/mol. The molecule has 2 atom stereocenters. The van der Waals surface area contributed by atoms with Gasteiger partial charge >= 0.3 is 0 Å². The number of likely N-dealkylation sites (tertiary alicyclic amines) is 1. The minimum absolute atomic E-state index is 0.0261. The summed E-state index contributed by atoms with van der Waals surface area (Å²) in [7, 11) is 0. The molecule has 2 saturated heterocycles. The molecule has 5 heteroatoms. The molecular weight excluding hydrogens is 344 g/mol. The van der Waals surface area contributed by atoms with E-state index in [1.54, 1.807) is 0 Å². The summed E-state index contributed by atoms with van der Waals surface area (Å²) in [6.45, 7) is 4.41. The van der Waals surface area contributed by atoms with Gasteiger partial charge in [-0.05, 0) is 38.2 Å². The van der Waals surface area contributed by atoms with Crippen molar-refractivity contribution in [1.82, 2.24) is 9.80 Å². The molecule has 2 heterocycles. The zero-order valence-electron chi connectivity index (χ0n) is 15.5. The van der Waals surface area contributed by atoms with Crippen LogP contribution in [-0.2, 0) is 9.59 Å². The molecule has 0 radical (unpaired) electrons. The van der Waals surface area contributed by atoms with Crippen molar-refractivity contribution in [3.8, 4) is 0 Å². The number of hydrogen-bond donors (Lipinski definition) is 0. The molecule has 4 nitrogen and oxygen atoms in total. The average Bonchev–Trinajstić information content (AvgIpc) is 3.52. The maximum atomic E-state index is 13.0. The van der Waals surface area contributed by atoms with Crippen LogP contribution >= 0.6 is 11.8 Å². The number of rotatable bonds is 3. The first-order valence-corrected chi connectivity index (χ1v) is 11.0. The molecule has 1 aromatic rings. The molecule has 2 aliphatic heterocycles. The predicted octanol–water partition coefficient (Wildman–Crippen LogP) is 3.26. The van der Waals surface area contributed by atoms with Crippen LogP contribution in [0.5, 0.6) is 0 Å². The fraction of sp³-hybridized carbons (Fsp3) is 0.619. The lowest BCUT2D eigenvalue weighted by molar-refractivity contribution is -0.144. The van der Waals surface area contributed by atoms with Gasteiger partial charge in [-0.2, -0.15) is 11.8 Å². The summed E-state index contributed by atoms with van der Waals surface area (Å²) < 4.78 is 0. The van der Waals surface area contributed by atoms with Crippen molar-refractivity contribution >= 4 is 23.6 Å². The van der Waals surface area contributed by atoms with E-state index < -0.39 is 0 Å². The Hall–Kier alpha value is -1.49. The molecule has 1 saturated carbocycles. The molecule has 0 bridgehead atoms. The number of piperidine rings is 1. The van der Waals surface area contributed by atoms with Crippen LogP contribution in [0.3, 0.4) is 0 Å². The minimum Gasteiger partial charge on any atom is -0.341 e. The van der Waals surface area contributed by atoms with Crippen molar-refractivity contribution in [2.75, 3.05) is 31.1 Å². The molecular formula is C21H28N2O2S. The average molecular weight is 373 g/mol. The van der Waals surface area contributed by atoms with Gasteiger partial charge in [-0.15, -0.1) is 0 Å². The van der Waals surface area contributed by atoms with Gasteiger partial charge in [0.05, 0.1) is 12.0 Å². The van der Waals surface area contributed by atoms with E-state index in [4.69, 9.17) is 0 Å². The molecule has 0 N–H and O–H groups in total. The lowest BCUT2D eigenvalue weighted by Gasteiger charge is -2.41.